The van der Waals surface area contributed by atoms with E-state index < -0.39 is 0 Å². The van der Waals surface area contributed by atoms with E-state index in [2.05, 4.69) is 31.9 Å². The Morgan fingerprint density at radius 1 is 1.33 bits per heavy atom. The van der Waals surface area contributed by atoms with Crippen molar-refractivity contribution in [1.29, 1.82) is 0 Å². The van der Waals surface area contributed by atoms with Crippen LogP contribution >= 0.6 is 23.2 Å². The molecular formula is C12H17Cl2N. The summed E-state index contributed by atoms with van der Waals surface area (Å²) in [6.07, 6.45) is 0. The molecule has 0 saturated heterocycles. The fourth-order valence-corrected chi connectivity index (χ4v) is 1.64. The zero-order valence-corrected chi connectivity index (χ0v) is 10.9. The zero-order chi connectivity index (χ0) is 11.5. The van der Waals surface area contributed by atoms with Gasteiger partial charge in [-0.05, 0) is 38.6 Å². The van der Waals surface area contributed by atoms with Gasteiger partial charge in [-0.1, -0.05) is 23.7 Å². The summed E-state index contributed by atoms with van der Waals surface area (Å²) in [7, 11) is 2.07. The van der Waals surface area contributed by atoms with E-state index >= 15 is 0 Å². The molecule has 15 heavy (non-hydrogen) atoms. The molecular weight excluding hydrogens is 229 g/mol. The minimum atomic E-state index is 0.00384. The molecule has 0 heterocycles. The first kappa shape index (κ1) is 12.8. The minimum absolute atomic E-state index is 0.00384. The predicted octanol–water partition coefficient (Wildman–Crippen LogP) is 3.79. The van der Waals surface area contributed by atoms with Crippen molar-refractivity contribution in [2.45, 2.75) is 25.9 Å². The highest BCUT2D eigenvalue weighted by atomic mass is 35.5. The number of hydrogen-bond donors (Lipinski definition) is 0. The second-order valence-electron chi connectivity index (χ2n) is 4.43. The first-order valence-corrected chi connectivity index (χ1v) is 5.88. The van der Waals surface area contributed by atoms with Crippen molar-refractivity contribution >= 4 is 23.2 Å². The Morgan fingerprint density at radius 2 is 2.00 bits per heavy atom. The standard InChI is InChI=1S/C12H17Cl2N/c1-12(2,9-13)15(3)8-10-5-4-6-11(14)7-10/h4-7H,8-9H2,1-3H3. The Balaban J connectivity index is 2.70. The smallest absolute Gasteiger partial charge is 0.0409 e. The Bertz CT molecular complexity index is 323. The van der Waals surface area contributed by atoms with Gasteiger partial charge in [0.25, 0.3) is 0 Å². The Morgan fingerprint density at radius 3 is 2.53 bits per heavy atom. The first-order valence-electron chi connectivity index (χ1n) is 4.97. The zero-order valence-electron chi connectivity index (χ0n) is 9.43. The van der Waals surface area contributed by atoms with Crippen molar-refractivity contribution in [3.05, 3.63) is 34.9 Å². The molecule has 0 aliphatic heterocycles. The fourth-order valence-electron chi connectivity index (χ4n) is 1.23. The molecule has 1 rings (SSSR count). The molecule has 1 nitrogen and oxygen atoms in total. The second kappa shape index (κ2) is 5.20. The van der Waals surface area contributed by atoms with Crippen LogP contribution < -0.4 is 0 Å². The Labute approximate surface area is 102 Å². The third-order valence-corrected chi connectivity index (χ3v) is 3.56. The van der Waals surface area contributed by atoms with Crippen molar-refractivity contribution < 1.29 is 0 Å². The maximum absolute atomic E-state index is 5.93. The van der Waals surface area contributed by atoms with Gasteiger partial charge in [0.05, 0.1) is 0 Å². The van der Waals surface area contributed by atoms with E-state index in [0.29, 0.717) is 5.88 Å². The second-order valence-corrected chi connectivity index (χ2v) is 5.14. The van der Waals surface area contributed by atoms with Crippen LogP contribution in [0.15, 0.2) is 24.3 Å². The van der Waals surface area contributed by atoms with Crippen LogP contribution in [0.5, 0.6) is 0 Å². The van der Waals surface area contributed by atoms with Crippen LogP contribution in [0.25, 0.3) is 0 Å². The molecule has 0 atom stereocenters. The lowest BCUT2D eigenvalue weighted by molar-refractivity contribution is 0.171. The molecule has 0 aliphatic rings. The molecule has 0 aliphatic carbocycles. The maximum Gasteiger partial charge on any atom is 0.0409 e. The summed E-state index contributed by atoms with van der Waals surface area (Å²) in [5, 5.41) is 0.782. The summed E-state index contributed by atoms with van der Waals surface area (Å²) >= 11 is 11.8. The normalized spacial score (nSPS) is 12.1. The molecule has 0 spiro atoms. The molecule has 1 aromatic carbocycles. The van der Waals surface area contributed by atoms with Gasteiger partial charge >= 0.3 is 0 Å². The number of nitrogens with zero attached hydrogens (tertiary/aromatic N) is 1. The Kier molecular flexibility index (Phi) is 4.45. The topological polar surface area (TPSA) is 3.24 Å². The van der Waals surface area contributed by atoms with Crippen LogP contribution in [0.2, 0.25) is 5.02 Å². The largest absolute Gasteiger partial charge is 0.296 e. The van der Waals surface area contributed by atoms with Gasteiger partial charge in [-0.15, -0.1) is 11.6 Å². The van der Waals surface area contributed by atoms with Crippen molar-refractivity contribution in [2.24, 2.45) is 0 Å². The van der Waals surface area contributed by atoms with E-state index in [1.54, 1.807) is 0 Å². The van der Waals surface area contributed by atoms with Gasteiger partial charge in [-0.2, -0.15) is 0 Å². The lowest BCUT2D eigenvalue weighted by atomic mass is 10.1. The predicted molar refractivity (Wildman–Crippen MR) is 67.7 cm³/mol. The number of halogens is 2. The van der Waals surface area contributed by atoms with Crippen molar-refractivity contribution in [3.8, 4) is 0 Å². The molecule has 1 aromatic rings. The van der Waals surface area contributed by atoms with Crippen LogP contribution in [0, 0.1) is 0 Å². The number of rotatable bonds is 4. The molecule has 84 valence electrons. The summed E-state index contributed by atoms with van der Waals surface area (Å²) in [6.45, 7) is 5.12. The number of hydrogen-bond acceptors (Lipinski definition) is 1. The summed E-state index contributed by atoms with van der Waals surface area (Å²) in [5.74, 6) is 0.615. The van der Waals surface area contributed by atoms with Crippen LogP contribution in [-0.4, -0.2) is 23.4 Å². The van der Waals surface area contributed by atoms with Gasteiger partial charge in [0.15, 0.2) is 0 Å². The Hall–Kier alpha value is -0.240. The van der Waals surface area contributed by atoms with Crippen LogP contribution in [-0.2, 0) is 6.54 Å². The lowest BCUT2D eigenvalue weighted by Gasteiger charge is -2.33. The molecule has 0 aromatic heterocycles. The monoisotopic (exact) mass is 245 g/mol. The summed E-state index contributed by atoms with van der Waals surface area (Å²) in [6, 6.07) is 7.92. The molecule has 3 heteroatoms. The van der Waals surface area contributed by atoms with Crippen LogP contribution in [0.3, 0.4) is 0 Å². The molecule has 0 saturated carbocycles. The third-order valence-electron chi connectivity index (χ3n) is 2.67. The van der Waals surface area contributed by atoms with Crippen LogP contribution in [0.4, 0.5) is 0 Å². The molecule has 0 bridgehead atoms. The number of benzene rings is 1. The maximum atomic E-state index is 5.93. The highest BCUT2D eigenvalue weighted by Crippen LogP contribution is 2.19. The van der Waals surface area contributed by atoms with Crippen LogP contribution in [0.1, 0.15) is 19.4 Å². The average molecular weight is 246 g/mol. The van der Waals surface area contributed by atoms with E-state index in [4.69, 9.17) is 23.2 Å². The third kappa shape index (κ3) is 3.67. The fraction of sp³-hybridized carbons (Fsp3) is 0.500. The van der Waals surface area contributed by atoms with Crippen molar-refractivity contribution in [3.63, 3.8) is 0 Å². The van der Waals surface area contributed by atoms with E-state index in [9.17, 15) is 0 Å². The summed E-state index contributed by atoms with van der Waals surface area (Å²) in [4.78, 5) is 2.23. The minimum Gasteiger partial charge on any atom is -0.296 e. The molecule has 0 fully saturated rings. The molecule has 0 unspecified atom stereocenters. The SMILES string of the molecule is CN(Cc1cccc(Cl)c1)C(C)(C)CCl. The summed E-state index contributed by atoms with van der Waals surface area (Å²) in [5.41, 5.74) is 1.22. The number of alkyl halides is 1. The molecule has 0 radical (unpaired) electrons. The van der Waals surface area contributed by atoms with E-state index in [0.717, 1.165) is 11.6 Å². The van der Waals surface area contributed by atoms with Gasteiger partial charge in [0, 0.05) is 23.0 Å². The van der Waals surface area contributed by atoms with E-state index in [-0.39, 0.29) is 5.54 Å². The lowest BCUT2D eigenvalue weighted by Crippen LogP contribution is -2.42. The quantitative estimate of drug-likeness (QED) is 0.730. The molecule has 0 amide bonds. The highest BCUT2D eigenvalue weighted by molar-refractivity contribution is 6.30. The van der Waals surface area contributed by atoms with E-state index in [1.165, 1.54) is 5.56 Å². The van der Waals surface area contributed by atoms with Gasteiger partial charge in [-0.3, -0.25) is 4.90 Å². The van der Waals surface area contributed by atoms with Gasteiger partial charge in [0.2, 0.25) is 0 Å². The first-order chi connectivity index (χ1) is 6.95. The van der Waals surface area contributed by atoms with Gasteiger partial charge < -0.3 is 0 Å². The molecule has 0 N–H and O–H groups in total. The van der Waals surface area contributed by atoms with Gasteiger partial charge in [0.1, 0.15) is 0 Å². The summed E-state index contributed by atoms with van der Waals surface area (Å²) < 4.78 is 0. The van der Waals surface area contributed by atoms with Crippen molar-refractivity contribution in [2.75, 3.05) is 12.9 Å². The van der Waals surface area contributed by atoms with E-state index in [1.807, 2.05) is 18.2 Å². The van der Waals surface area contributed by atoms with Crippen molar-refractivity contribution in [1.82, 2.24) is 4.90 Å². The highest BCUT2D eigenvalue weighted by Gasteiger charge is 2.21. The average Bonchev–Trinajstić information content (AvgIpc) is 2.17. The van der Waals surface area contributed by atoms with Gasteiger partial charge in [-0.25, -0.2) is 0 Å².